The van der Waals surface area contributed by atoms with E-state index in [1.54, 1.807) is 21.7 Å². The Balaban J connectivity index is 0.00000225. The zero-order valence-electron chi connectivity index (χ0n) is 14.4. The molecule has 0 bridgehead atoms. The first-order chi connectivity index (χ1) is 11.5. The molecule has 2 N–H and O–H groups in total. The quantitative estimate of drug-likeness (QED) is 0.904. The Morgan fingerprint density at radius 3 is 2.80 bits per heavy atom. The minimum atomic E-state index is -0.354. The van der Waals surface area contributed by atoms with Gasteiger partial charge in [-0.25, -0.2) is 14.1 Å². The van der Waals surface area contributed by atoms with E-state index in [-0.39, 0.29) is 41.9 Å². The number of piperidine rings is 1. The maximum absolute atomic E-state index is 13.5. The number of carbonyl (C=O) groups is 1. The standard InChI is InChI=1S/C17H22FN5O.ClH/c1-11(2)16-20-15(17(24)22-8-4-6-13(19)10-22)21-23(16)14-7-3-5-12(18)9-14;/h3,5,7,9,11,13H,4,6,8,10,19H2,1-2H3;1H. The second kappa shape index (κ2) is 7.93. The summed E-state index contributed by atoms with van der Waals surface area (Å²) in [5, 5.41) is 4.35. The topological polar surface area (TPSA) is 77.0 Å². The van der Waals surface area contributed by atoms with E-state index in [1.807, 2.05) is 13.8 Å². The molecule has 8 heteroatoms. The van der Waals surface area contributed by atoms with Gasteiger partial charge in [0, 0.05) is 25.0 Å². The number of carbonyl (C=O) groups excluding carboxylic acids is 1. The molecule has 1 aliphatic heterocycles. The van der Waals surface area contributed by atoms with Gasteiger partial charge in [-0.2, -0.15) is 0 Å². The number of benzene rings is 1. The molecular formula is C17H23ClFN5O. The van der Waals surface area contributed by atoms with Crippen molar-refractivity contribution in [1.29, 1.82) is 0 Å². The van der Waals surface area contributed by atoms with Crippen LogP contribution in [0.25, 0.3) is 5.69 Å². The first-order valence-electron chi connectivity index (χ1n) is 8.23. The first kappa shape index (κ1) is 19.3. The van der Waals surface area contributed by atoms with Crippen molar-refractivity contribution >= 4 is 18.3 Å². The number of nitrogens with two attached hydrogens (primary N) is 1. The van der Waals surface area contributed by atoms with Crippen molar-refractivity contribution in [1.82, 2.24) is 19.7 Å². The van der Waals surface area contributed by atoms with Gasteiger partial charge in [0.25, 0.3) is 5.91 Å². The van der Waals surface area contributed by atoms with E-state index in [4.69, 9.17) is 5.73 Å². The molecule has 1 amide bonds. The molecule has 0 spiro atoms. The first-order valence-corrected chi connectivity index (χ1v) is 8.23. The lowest BCUT2D eigenvalue weighted by Crippen LogP contribution is -2.46. The van der Waals surface area contributed by atoms with Crippen LogP contribution in [0.2, 0.25) is 0 Å². The third-order valence-corrected chi connectivity index (χ3v) is 4.14. The van der Waals surface area contributed by atoms with Crippen molar-refractivity contribution in [3.63, 3.8) is 0 Å². The highest BCUT2D eigenvalue weighted by atomic mass is 35.5. The molecule has 1 atom stereocenters. The minimum absolute atomic E-state index is 0. The van der Waals surface area contributed by atoms with Gasteiger partial charge >= 0.3 is 0 Å². The molecule has 25 heavy (non-hydrogen) atoms. The summed E-state index contributed by atoms with van der Waals surface area (Å²) in [5.41, 5.74) is 6.51. The highest BCUT2D eigenvalue weighted by Gasteiger charge is 2.27. The van der Waals surface area contributed by atoms with Gasteiger partial charge in [0.15, 0.2) is 0 Å². The molecule has 1 saturated heterocycles. The van der Waals surface area contributed by atoms with Gasteiger partial charge in [-0.15, -0.1) is 17.5 Å². The number of amides is 1. The van der Waals surface area contributed by atoms with Crippen LogP contribution in [-0.2, 0) is 0 Å². The fourth-order valence-electron chi connectivity index (χ4n) is 2.92. The van der Waals surface area contributed by atoms with Crippen LogP contribution >= 0.6 is 12.4 Å². The number of halogens is 2. The van der Waals surface area contributed by atoms with Gasteiger partial charge in [0.05, 0.1) is 5.69 Å². The van der Waals surface area contributed by atoms with Crippen molar-refractivity contribution in [2.75, 3.05) is 13.1 Å². The summed E-state index contributed by atoms with van der Waals surface area (Å²) in [7, 11) is 0. The Morgan fingerprint density at radius 1 is 1.40 bits per heavy atom. The van der Waals surface area contributed by atoms with Gasteiger partial charge in [0.2, 0.25) is 5.82 Å². The molecule has 3 rings (SSSR count). The van der Waals surface area contributed by atoms with Gasteiger partial charge in [-0.3, -0.25) is 4.79 Å². The Labute approximate surface area is 152 Å². The summed E-state index contributed by atoms with van der Waals surface area (Å²) in [6.45, 7) is 5.11. The fraction of sp³-hybridized carbons (Fsp3) is 0.471. The average Bonchev–Trinajstić information content (AvgIpc) is 2.99. The van der Waals surface area contributed by atoms with Crippen molar-refractivity contribution < 1.29 is 9.18 Å². The lowest BCUT2D eigenvalue weighted by atomic mass is 10.1. The molecule has 0 radical (unpaired) electrons. The third-order valence-electron chi connectivity index (χ3n) is 4.14. The zero-order chi connectivity index (χ0) is 17.3. The summed E-state index contributed by atoms with van der Waals surface area (Å²) in [5.74, 6) is 0.239. The number of hydrogen-bond donors (Lipinski definition) is 1. The molecule has 0 aliphatic carbocycles. The lowest BCUT2D eigenvalue weighted by molar-refractivity contribution is 0.0696. The van der Waals surface area contributed by atoms with Gasteiger partial charge in [0.1, 0.15) is 11.6 Å². The van der Waals surface area contributed by atoms with Crippen molar-refractivity contribution in [2.45, 2.75) is 38.6 Å². The van der Waals surface area contributed by atoms with Crippen LogP contribution in [-0.4, -0.2) is 44.7 Å². The molecule has 2 aromatic rings. The van der Waals surface area contributed by atoms with Crippen LogP contribution in [0.15, 0.2) is 24.3 Å². The summed E-state index contributed by atoms with van der Waals surface area (Å²) in [6.07, 6.45) is 1.81. The summed E-state index contributed by atoms with van der Waals surface area (Å²) < 4.78 is 15.1. The van der Waals surface area contributed by atoms with E-state index < -0.39 is 0 Å². The van der Waals surface area contributed by atoms with E-state index in [1.165, 1.54) is 12.1 Å². The smallest absolute Gasteiger partial charge is 0.293 e. The monoisotopic (exact) mass is 367 g/mol. The second-order valence-electron chi connectivity index (χ2n) is 6.49. The largest absolute Gasteiger partial charge is 0.334 e. The molecule has 1 aromatic heterocycles. The number of rotatable bonds is 3. The van der Waals surface area contributed by atoms with Crippen molar-refractivity contribution in [3.05, 3.63) is 41.7 Å². The Hall–Kier alpha value is -1.99. The van der Waals surface area contributed by atoms with Crippen LogP contribution < -0.4 is 5.73 Å². The Morgan fingerprint density at radius 2 is 2.16 bits per heavy atom. The van der Waals surface area contributed by atoms with E-state index in [0.29, 0.717) is 24.6 Å². The van der Waals surface area contributed by atoms with Crippen molar-refractivity contribution in [3.8, 4) is 5.69 Å². The molecule has 6 nitrogen and oxygen atoms in total. The molecule has 1 aliphatic rings. The van der Waals surface area contributed by atoms with Gasteiger partial charge in [-0.1, -0.05) is 19.9 Å². The summed E-state index contributed by atoms with van der Waals surface area (Å²) in [6, 6.07) is 6.11. The highest BCUT2D eigenvalue weighted by molar-refractivity contribution is 5.90. The van der Waals surface area contributed by atoms with Crippen LogP contribution in [0.1, 0.15) is 49.1 Å². The van der Waals surface area contributed by atoms with Gasteiger partial charge in [-0.05, 0) is 31.0 Å². The molecule has 1 aromatic carbocycles. The fourth-order valence-corrected chi connectivity index (χ4v) is 2.92. The molecular weight excluding hydrogens is 345 g/mol. The van der Waals surface area contributed by atoms with E-state index in [9.17, 15) is 9.18 Å². The maximum Gasteiger partial charge on any atom is 0.293 e. The molecule has 0 saturated carbocycles. The molecule has 136 valence electrons. The molecule has 2 heterocycles. The van der Waals surface area contributed by atoms with Crippen LogP contribution in [0, 0.1) is 5.82 Å². The number of hydrogen-bond acceptors (Lipinski definition) is 4. The van der Waals surface area contributed by atoms with Crippen LogP contribution in [0.4, 0.5) is 4.39 Å². The van der Waals surface area contributed by atoms with E-state index in [2.05, 4.69) is 10.1 Å². The third kappa shape index (κ3) is 4.16. The molecule has 1 unspecified atom stereocenters. The maximum atomic E-state index is 13.5. The number of likely N-dealkylation sites (tertiary alicyclic amines) is 1. The number of nitrogens with zero attached hydrogens (tertiary/aromatic N) is 4. The zero-order valence-corrected chi connectivity index (χ0v) is 15.2. The van der Waals surface area contributed by atoms with Crippen molar-refractivity contribution in [2.24, 2.45) is 5.73 Å². The second-order valence-corrected chi connectivity index (χ2v) is 6.49. The van der Waals surface area contributed by atoms with E-state index in [0.717, 1.165) is 12.8 Å². The predicted molar refractivity (Wildman–Crippen MR) is 95.8 cm³/mol. The SMILES string of the molecule is CC(C)c1nc(C(=O)N2CCCC(N)C2)nn1-c1cccc(F)c1.Cl. The summed E-state index contributed by atoms with van der Waals surface area (Å²) in [4.78, 5) is 18.8. The van der Waals surface area contributed by atoms with Crippen LogP contribution in [0.3, 0.4) is 0 Å². The minimum Gasteiger partial charge on any atom is -0.334 e. The molecule has 1 fully saturated rings. The highest BCUT2D eigenvalue weighted by Crippen LogP contribution is 2.19. The average molecular weight is 368 g/mol. The van der Waals surface area contributed by atoms with E-state index >= 15 is 0 Å². The van der Waals surface area contributed by atoms with Gasteiger partial charge < -0.3 is 10.6 Å². The lowest BCUT2D eigenvalue weighted by Gasteiger charge is -2.29. The Kier molecular flexibility index (Phi) is 6.13. The summed E-state index contributed by atoms with van der Waals surface area (Å²) >= 11 is 0. The van der Waals surface area contributed by atoms with Crippen LogP contribution in [0.5, 0.6) is 0 Å². The number of aromatic nitrogens is 3. The predicted octanol–water partition coefficient (Wildman–Crippen LogP) is 2.51. The normalized spacial score (nSPS) is 17.5. The Bertz CT molecular complexity index is 748.